The SMILES string of the molecule is OC(c1ccccc1)(c1ccccc1)c1cccc(C(F)(F)F)c1-n1cccc1CN1CCCC1. The number of para-hydroxylation sites is 1. The smallest absolute Gasteiger partial charge is 0.376 e. The predicted octanol–water partition coefficient (Wildman–Crippen LogP) is 6.38. The summed E-state index contributed by atoms with van der Waals surface area (Å²) in [5, 5.41) is 12.4. The normalized spacial score (nSPS) is 15.0. The van der Waals surface area contributed by atoms with Gasteiger partial charge in [-0.05, 0) is 55.3 Å². The highest BCUT2D eigenvalue weighted by atomic mass is 19.4. The van der Waals surface area contributed by atoms with Crippen LogP contribution in [0.3, 0.4) is 0 Å². The molecule has 0 atom stereocenters. The van der Waals surface area contributed by atoms with E-state index in [0.717, 1.165) is 37.7 Å². The maximum atomic E-state index is 14.4. The van der Waals surface area contributed by atoms with Gasteiger partial charge in [0.2, 0.25) is 0 Å². The second-order valence-corrected chi connectivity index (χ2v) is 8.99. The summed E-state index contributed by atoms with van der Waals surface area (Å²) in [6.45, 7) is 2.40. The molecule has 0 radical (unpaired) electrons. The van der Waals surface area contributed by atoms with E-state index in [4.69, 9.17) is 0 Å². The third-order valence-electron chi connectivity index (χ3n) is 6.77. The molecule has 1 fully saturated rings. The highest BCUT2D eigenvalue weighted by Gasteiger charge is 2.42. The Balaban J connectivity index is 1.79. The van der Waals surface area contributed by atoms with E-state index in [1.807, 2.05) is 18.2 Å². The largest absolute Gasteiger partial charge is 0.418 e. The number of nitrogens with zero attached hydrogens (tertiary/aromatic N) is 2. The van der Waals surface area contributed by atoms with Crippen LogP contribution in [0.5, 0.6) is 0 Å². The zero-order valence-corrected chi connectivity index (χ0v) is 19.2. The van der Waals surface area contributed by atoms with E-state index < -0.39 is 17.3 Å². The van der Waals surface area contributed by atoms with Crippen molar-refractivity contribution in [2.75, 3.05) is 13.1 Å². The fraction of sp³-hybridized carbons (Fsp3) is 0.241. The molecule has 2 heterocycles. The first kappa shape index (κ1) is 23.4. The first-order chi connectivity index (χ1) is 16.9. The van der Waals surface area contributed by atoms with Crippen LogP contribution in [0.25, 0.3) is 5.69 Å². The minimum atomic E-state index is -4.60. The van der Waals surface area contributed by atoms with Gasteiger partial charge in [-0.15, -0.1) is 0 Å². The van der Waals surface area contributed by atoms with Gasteiger partial charge in [-0.3, -0.25) is 4.90 Å². The van der Waals surface area contributed by atoms with Gasteiger partial charge in [0.15, 0.2) is 0 Å². The van der Waals surface area contributed by atoms with Crippen molar-refractivity contribution in [1.29, 1.82) is 0 Å². The Morgan fingerprint density at radius 3 is 1.83 bits per heavy atom. The molecule has 6 heteroatoms. The number of aliphatic hydroxyl groups is 1. The lowest BCUT2D eigenvalue weighted by molar-refractivity contribution is -0.137. The summed E-state index contributed by atoms with van der Waals surface area (Å²) < 4.78 is 44.9. The maximum Gasteiger partial charge on any atom is 0.418 e. The van der Waals surface area contributed by atoms with E-state index in [0.29, 0.717) is 17.7 Å². The van der Waals surface area contributed by atoms with Crippen molar-refractivity contribution in [3.63, 3.8) is 0 Å². The Bertz CT molecular complexity index is 1240. The Hall–Kier alpha value is -3.35. The van der Waals surface area contributed by atoms with Crippen LogP contribution in [0.4, 0.5) is 13.2 Å². The monoisotopic (exact) mass is 476 g/mol. The van der Waals surface area contributed by atoms with Gasteiger partial charge >= 0.3 is 6.18 Å². The third-order valence-corrected chi connectivity index (χ3v) is 6.77. The number of hydrogen-bond donors (Lipinski definition) is 1. The lowest BCUT2D eigenvalue weighted by atomic mass is 9.78. The van der Waals surface area contributed by atoms with E-state index in [1.54, 1.807) is 71.4 Å². The first-order valence-electron chi connectivity index (χ1n) is 11.8. The molecule has 0 saturated carbocycles. The minimum absolute atomic E-state index is 0.0468. The average molecular weight is 477 g/mol. The van der Waals surface area contributed by atoms with Gasteiger partial charge in [0, 0.05) is 24.0 Å². The minimum Gasteiger partial charge on any atom is -0.376 e. The zero-order chi connectivity index (χ0) is 24.5. The molecule has 0 bridgehead atoms. The molecular weight excluding hydrogens is 449 g/mol. The van der Waals surface area contributed by atoms with Crippen molar-refractivity contribution in [2.24, 2.45) is 0 Å². The summed E-state index contributed by atoms with van der Waals surface area (Å²) in [6.07, 6.45) is -0.760. The number of hydrogen-bond acceptors (Lipinski definition) is 2. The van der Waals surface area contributed by atoms with Gasteiger partial charge in [0.1, 0.15) is 5.60 Å². The van der Waals surface area contributed by atoms with Crippen LogP contribution >= 0.6 is 0 Å². The molecule has 1 aliphatic heterocycles. The Kier molecular flexibility index (Phi) is 6.26. The summed E-state index contributed by atoms with van der Waals surface area (Å²) in [7, 11) is 0. The molecule has 5 rings (SSSR count). The molecule has 0 amide bonds. The van der Waals surface area contributed by atoms with Gasteiger partial charge < -0.3 is 9.67 Å². The molecule has 180 valence electrons. The van der Waals surface area contributed by atoms with Crippen molar-refractivity contribution in [3.05, 3.63) is 125 Å². The number of benzene rings is 3. The second-order valence-electron chi connectivity index (χ2n) is 8.99. The molecule has 1 aromatic heterocycles. The van der Waals surface area contributed by atoms with Gasteiger partial charge in [-0.2, -0.15) is 13.2 Å². The van der Waals surface area contributed by atoms with E-state index in [2.05, 4.69) is 4.90 Å². The fourth-order valence-corrected chi connectivity index (χ4v) is 5.09. The van der Waals surface area contributed by atoms with E-state index >= 15 is 0 Å². The Labute approximate surface area is 203 Å². The van der Waals surface area contributed by atoms with Crippen molar-refractivity contribution in [2.45, 2.75) is 31.2 Å². The van der Waals surface area contributed by atoms with Crippen LogP contribution in [0.15, 0.2) is 97.2 Å². The lowest BCUT2D eigenvalue weighted by Crippen LogP contribution is -2.32. The van der Waals surface area contributed by atoms with E-state index in [9.17, 15) is 18.3 Å². The predicted molar refractivity (Wildman–Crippen MR) is 130 cm³/mol. The van der Waals surface area contributed by atoms with E-state index in [1.165, 1.54) is 6.07 Å². The van der Waals surface area contributed by atoms with Gasteiger partial charge in [-0.25, -0.2) is 0 Å². The molecule has 1 aliphatic rings. The average Bonchev–Trinajstić information content (AvgIpc) is 3.56. The topological polar surface area (TPSA) is 28.4 Å². The summed E-state index contributed by atoms with van der Waals surface area (Å²) in [5.41, 5.74) is -0.681. The van der Waals surface area contributed by atoms with Crippen LogP contribution in [-0.2, 0) is 18.3 Å². The van der Waals surface area contributed by atoms with Crippen LogP contribution in [0.1, 0.15) is 40.8 Å². The summed E-state index contributed by atoms with van der Waals surface area (Å²) in [6, 6.07) is 25.5. The van der Waals surface area contributed by atoms with Gasteiger partial charge in [0.05, 0.1) is 11.3 Å². The number of likely N-dealkylation sites (tertiary alicyclic amines) is 1. The molecule has 0 unspecified atom stereocenters. The molecule has 35 heavy (non-hydrogen) atoms. The third kappa shape index (κ3) is 4.40. The number of halogens is 3. The fourth-order valence-electron chi connectivity index (χ4n) is 5.09. The highest BCUT2D eigenvalue weighted by Crippen LogP contribution is 2.44. The summed E-state index contributed by atoms with van der Waals surface area (Å²) in [4.78, 5) is 2.25. The highest BCUT2D eigenvalue weighted by molar-refractivity contribution is 5.60. The van der Waals surface area contributed by atoms with Gasteiger partial charge in [0.25, 0.3) is 0 Å². The molecule has 3 aromatic carbocycles. The van der Waals surface area contributed by atoms with Crippen molar-refractivity contribution < 1.29 is 18.3 Å². The quantitative estimate of drug-likeness (QED) is 0.327. The van der Waals surface area contributed by atoms with Crippen molar-refractivity contribution >= 4 is 0 Å². The number of aromatic nitrogens is 1. The standard InChI is InChI=1S/C29H27F3N2O/c30-29(31,32)26-17-9-16-25(27(26)34-20-10-15-24(34)21-33-18-7-8-19-33)28(35,22-11-3-1-4-12-22)23-13-5-2-6-14-23/h1-6,9-17,20,35H,7-8,18-19,21H2. The van der Waals surface area contributed by atoms with Crippen LogP contribution in [-0.4, -0.2) is 27.7 Å². The molecule has 0 aliphatic carbocycles. The van der Waals surface area contributed by atoms with Crippen LogP contribution in [0.2, 0.25) is 0 Å². The molecule has 3 nitrogen and oxygen atoms in total. The molecule has 0 spiro atoms. The van der Waals surface area contributed by atoms with Crippen molar-refractivity contribution in [1.82, 2.24) is 9.47 Å². The molecular formula is C29H27F3N2O. The number of rotatable bonds is 6. The summed E-state index contributed by atoms with van der Waals surface area (Å²) in [5.74, 6) is 0. The molecule has 1 N–H and O–H groups in total. The Morgan fingerprint density at radius 2 is 1.26 bits per heavy atom. The lowest BCUT2D eigenvalue weighted by Gasteiger charge is -2.34. The maximum absolute atomic E-state index is 14.4. The Morgan fingerprint density at radius 1 is 0.686 bits per heavy atom. The molecule has 1 saturated heterocycles. The zero-order valence-electron chi connectivity index (χ0n) is 19.2. The number of alkyl halides is 3. The van der Waals surface area contributed by atoms with Crippen LogP contribution in [0, 0.1) is 0 Å². The van der Waals surface area contributed by atoms with Crippen LogP contribution < -0.4 is 0 Å². The first-order valence-corrected chi connectivity index (χ1v) is 11.8. The summed E-state index contributed by atoms with van der Waals surface area (Å²) >= 11 is 0. The molecule has 4 aromatic rings. The second kappa shape index (κ2) is 9.36. The van der Waals surface area contributed by atoms with E-state index in [-0.39, 0.29) is 11.3 Å². The van der Waals surface area contributed by atoms with Gasteiger partial charge in [-0.1, -0.05) is 72.8 Å². The van der Waals surface area contributed by atoms with Crippen molar-refractivity contribution in [3.8, 4) is 5.69 Å².